The van der Waals surface area contributed by atoms with Gasteiger partial charge in [-0.15, -0.1) is 0 Å². The summed E-state index contributed by atoms with van der Waals surface area (Å²) in [5.41, 5.74) is 1.38. The summed E-state index contributed by atoms with van der Waals surface area (Å²) < 4.78 is 13.5. The fourth-order valence-corrected chi connectivity index (χ4v) is 3.01. The lowest BCUT2D eigenvalue weighted by molar-refractivity contribution is -0.128. The molecule has 1 aliphatic heterocycles. The van der Waals surface area contributed by atoms with Crippen LogP contribution in [0.1, 0.15) is 26.3 Å². The van der Waals surface area contributed by atoms with Crippen LogP contribution in [0.15, 0.2) is 36.4 Å². The fourth-order valence-electron chi connectivity index (χ4n) is 2.83. The Hall–Kier alpha value is -1.81. The van der Waals surface area contributed by atoms with Gasteiger partial charge in [0.2, 0.25) is 5.91 Å². The Kier molecular flexibility index (Phi) is 5.15. The molecule has 1 aliphatic rings. The molecule has 0 bridgehead atoms. The number of likely N-dealkylation sites (N-methyl/N-ethyl adjacent to an activating group) is 1. The molecule has 1 heterocycles. The third-order valence-corrected chi connectivity index (χ3v) is 4.13. The Morgan fingerprint density at radius 2 is 2.09 bits per heavy atom. The third-order valence-electron chi connectivity index (χ3n) is 3.84. The van der Waals surface area contributed by atoms with Crippen molar-refractivity contribution in [1.82, 2.24) is 10.2 Å². The third kappa shape index (κ3) is 3.75. The van der Waals surface area contributed by atoms with E-state index in [9.17, 15) is 9.18 Å². The number of nitrogens with zero attached hydrogens (tertiary/aromatic N) is 1. The maximum atomic E-state index is 13.5. The van der Waals surface area contributed by atoms with Crippen molar-refractivity contribution in [2.75, 3.05) is 13.6 Å². The number of rotatable bonds is 3. The average Bonchev–Trinajstić information content (AvgIpc) is 2.49. The van der Waals surface area contributed by atoms with Crippen molar-refractivity contribution in [3.63, 3.8) is 0 Å². The fraction of sp³-hybridized carbons (Fsp3) is 0.389. The van der Waals surface area contributed by atoms with Crippen LogP contribution in [0.4, 0.5) is 4.39 Å². The second-order valence-electron chi connectivity index (χ2n) is 6.64. The largest absolute Gasteiger partial charge is 0.357 e. The summed E-state index contributed by atoms with van der Waals surface area (Å²) in [7, 11) is 1.64. The second kappa shape index (κ2) is 6.75. The molecule has 0 radical (unpaired) electrons. The first-order valence-corrected chi connectivity index (χ1v) is 7.94. The van der Waals surface area contributed by atoms with Crippen LogP contribution in [0.5, 0.6) is 0 Å². The molecule has 0 aromatic heterocycles. The first kappa shape index (κ1) is 17.5. The van der Waals surface area contributed by atoms with Crippen molar-refractivity contribution in [1.29, 1.82) is 0 Å². The standard InChI is InChI=1S/C18H22ClFN2O/c1-18(2,3)16(17(23)21-4)22-10-6-5-7-15(22)12-8-9-14(20)13(19)11-12/h5-9,11,16H,10H2,1-4H3,(H,21,23)/t16-/m1/s1. The van der Waals surface area contributed by atoms with Crippen molar-refractivity contribution in [2.45, 2.75) is 26.8 Å². The maximum Gasteiger partial charge on any atom is 0.243 e. The van der Waals surface area contributed by atoms with Crippen LogP contribution < -0.4 is 5.32 Å². The monoisotopic (exact) mass is 336 g/mol. The van der Waals surface area contributed by atoms with Crippen LogP contribution in [0.2, 0.25) is 5.02 Å². The van der Waals surface area contributed by atoms with Crippen LogP contribution in [0.25, 0.3) is 5.70 Å². The lowest BCUT2D eigenvalue weighted by Gasteiger charge is -2.42. The van der Waals surface area contributed by atoms with Gasteiger partial charge in [-0.1, -0.05) is 44.5 Å². The number of benzene rings is 1. The molecular formula is C18H22ClFN2O. The number of carbonyl (C=O) groups excluding carboxylic acids is 1. The van der Waals surface area contributed by atoms with E-state index in [-0.39, 0.29) is 22.4 Å². The van der Waals surface area contributed by atoms with Gasteiger partial charge >= 0.3 is 0 Å². The molecule has 2 rings (SSSR count). The van der Waals surface area contributed by atoms with Gasteiger partial charge in [-0.25, -0.2) is 4.39 Å². The molecule has 0 fully saturated rings. The Morgan fingerprint density at radius 3 is 2.65 bits per heavy atom. The summed E-state index contributed by atoms with van der Waals surface area (Å²) in [5, 5.41) is 2.82. The van der Waals surface area contributed by atoms with Crippen molar-refractivity contribution in [3.05, 3.63) is 52.8 Å². The van der Waals surface area contributed by atoms with Gasteiger partial charge < -0.3 is 10.2 Å². The highest BCUT2D eigenvalue weighted by Gasteiger charge is 2.37. The summed E-state index contributed by atoms with van der Waals surface area (Å²) in [6, 6.07) is 4.27. The quantitative estimate of drug-likeness (QED) is 0.909. The molecular weight excluding hydrogens is 315 g/mol. The van der Waals surface area contributed by atoms with Crippen LogP contribution in [-0.2, 0) is 4.79 Å². The number of hydrogen-bond donors (Lipinski definition) is 1. The summed E-state index contributed by atoms with van der Waals surface area (Å²) in [4.78, 5) is 14.5. The zero-order chi connectivity index (χ0) is 17.2. The van der Waals surface area contributed by atoms with Gasteiger partial charge in [-0.3, -0.25) is 4.79 Å². The molecule has 0 spiro atoms. The first-order valence-electron chi connectivity index (χ1n) is 7.56. The Morgan fingerprint density at radius 1 is 1.39 bits per heavy atom. The summed E-state index contributed by atoms with van der Waals surface area (Å²) in [6.45, 7) is 6.69. The predicted octanol–water partition coefficient (Wildman–Crippen LogP) is 3.85. The van der Waals surface area contributed by atoms with E-state index in [4.69, 9.17) is 11.6 Å². The van der Waals surface area contributed by atoms with E-state index < -0.39 is 5.82 Å². The molecule has 1 aromatic rings. The molecule has 0 saturated carbocycles. The summed E-state index contributed by atoms with van der Waals surface area (Å²) in [6.07, 6.45) is 5.86. The van der Waals surface area contributed by atoms with E-state index in [1.807, 2.05) is 43.9 Å². The Labute approximate surface area is 141 Å². The van der Waals surface area contributed by atoms with Crippen LogP contribution in [0, 0.1) is 11.2 Å². The summed E-state index contributed by atoms with van der Waals surface area (Å²) in [5.74, 6) is -0.500. The average molecular weight is 337 g/mol. The molecule has 1 amide bonds. The van der Waals surface area contributed by atoms with E-state index in [0.717, 1.165) is 11.3 Å². The molecule has 1 N–H and O–H groups in total. The van der Waals surface area contributed by atoms with Crippen LogP contribution >= 0.6 is 11.6 Å². The zero-order valence-corrected chi connectivity index (χ0v) is 14.6. The summed E-state index contributed by atoms with van der Waals surface area (Å²) >= 11 is 5.92. The van der Waals surface area contributed by atoms with Gasteiger partial charge in [-0.2, -0.15) is 0 Å². The highest BCUT2D eigenvalue weighted by Crippen LogP contribution is 2.33. The van der Waals surface area contributed by atoms with Gasteiger partial charge in [0.25, 0.3) is 0 Å². The van der Waals surface area contributed by atoms with Gasteiger partial charge in [0.15, 0.2) is 0 Å². The molecule has 3 nitrogen and oxygen atoms in total. The SMILES string of the molecule is CNC(=O)[C@@H](N1CC=CC=C1c1ccc(F)c(Cl)c1)C(C)(C)C. The Bertz CT molecular complexity index is 661. The zero-order valence-electron chi connectivity index (χ0n) is 13.9. The minimum absolute atomic E-state index is 0.0492. The molecule has 5 heteroatoms. The predicted molar refractivity (Wildman–Crippen MR) is 92.5 cm³/mol. The van der Waals surface area contributed by atoms with E-state index >= 15 is 0 Å². The van der Waals surface area contributed by atoms with Gasteiger partial charge in [0.1, 0.15) is 11.9 Å². The number of carbonyl (C=O) groups is 1. The van der Waals surface area contributed by atoms with Crippen molar-refractivity contribution in [2.24, 2.45) is 5.41 Å². The highest BCUT2D eigenvalue weighted by atomic mass is 35.5. The number of allylic oxidation sites excluding steroid dienone is 2. The normalized spacial score (nSPS) is 16.1. The topological polar surface area (TPSA) is 32.3 Å². The van der Waals surface area contributed by atoms with Crippen LogP contribution in [-0.4, -0.2) is 30.4 Å². The number of hydrogen-bond acceptors (Lipinski definition) is 2. The molecule has 0 aliphatic carbocycles. The molecule has 23 heavy (non-hydrogen) atoms. The van der Waals surface area contributed by atoms with Crippen molar-refractivity contribution >= 4 is 23.2 Å². The lowest BCUT2D eigenvalue weighted by atomic mass is 9.83. The number of nitrogens with one attached hydrogen (secondary N) is 1. The van der Waals surface area contributed by atoms with Gasteiger partial charge in [0.05, 0.1) is 5.02 Å². The Balaban J connectivity index is 2.47. The highest BCUT2D eigenvalue weighted by molar-refractivity contribution is 6.30. The van der Waals surface area contributed by atoms with E-state index in [2.05, 4.69) is 5.32 Å². The maximum absolute atomic E-state index is 13.5. The van der Waals surface area contributed by atoms with Crippen molar-refractivity contribution < 1.29 is 9.18 Å². The second-order valence-corrected chi connectivity index (χ2v) is 7.05. The minimum Gasteiger partial charge on any atom is -0.357 e. The molecule has 124 valence electrons. The van der Waals surface area contributed by atoms with Crippen LogP contribution in [0.3, 0.4) is 0 Å². The molecule has 0 saturated heterocycles. The van der Waals surface area contributed by atoms with E-state index in [0.29, 0.717) is 6.54 Å². The van der Waals surface area contributed by atoms with E-state index in [1.165, 1.54) is 6.07 Å². The number of halogens is 2. The lowest BCUT2D eigenvalue weighted by Crippen LogP contribution is -2.52. The van der Waals surface area contributed by atoms with Gasteiger partial charge in [-0.05, 0) is 35.3 Å². The smallest absolute Gasteiger partial charge is 0.243 e. The number of amides is 1. The molecule has 1 atom stereocenters. The first-order chi connectivity index (χ1) is 10.8. The van der Waals surface area contributed by atoms with Gasteiger partial charge in [0, 0.05) is 19.3 Å². The van der Waals surface area contributed by atoms with E-state index in [1.54, 1.807) is 19.2 Å². The minimum atomic E-state index is -0.451. The van der Waals surface area contributed by atoms with Crippen molar-refractivity contribution in [3.8, 4) is 0 Å². The molecule has 0 unspecified atom stereocenters. The molecule has 1 aromatic carbocycles.